The van der Waals surface area contributed by atoms with Gasteiger partial charge in [-0.1, -0.05) is 23.8 Å². The molecule has 2 fully saturated rings. The van der Waals surface area contributed by atoms with Gasteiger partial charge in [-0.15, -0.1) is 0 Å². The predicted molar refractivity (Wildman–Crippen MR) is 92.4 cm³/mol. The average Bonchev–Trinajstić information content (AvgIpc) is 3.05. The van der Waals surface area contributed by atoms with Crippen LogP contribution in [0.15, 0.2) is 35.5 Å². The van der Waals surface area contributed by atoms with Gasteiger partial charge in [0.2, 0.25) is 0 Å². The topological polar surface area (TPSA) is 59.1 Å². The number of aliphatic hydroxyl groups is 1. The third kappa shape index (κ3) is 3.50. The fourth-order valence-corrected chi connectivity index (χ4v) is 3.94. The molecule has 0 saturated carbocycles. The summed E-state index contributed by atoms with van der Waals surface area (Å²) in [7, 11) is 0. The van der Waals surface area contributed by atoms with Gasteiger partial charge in [-0.25, -0.2) is 4.79 Å². The van der Waals surface area contributed by atoms with E-state index in [1.165, 1.54) is 5.57 Å². The number of carbonyl (C=O) groups excluding carboxylic acids is 1. The lowest BCUT2D eigenvalue weighted by atomic mass is 9.86. The maximum absolute atomic E-state index is 11.9. The lowest BCUT2D eigenvalue weighted by Crippen LogP contribution is -2.28. The van der Waals surface area contributed by atoms with Crippen molar-refractivity contribution in [1.82, 2.24) is 0 Å². The first kappa shape index (κ1) is 17.4. The molecule has 5 unspecified atom stereocenters. The van der Waals surface area contributed by atoms with Crippen LogP contribution in [-0.2, 0) is 14.3 Å². The Bertz CT molecular complexity index is 603. The summed E-state index contributed by atoms with van der Waals surface area (Å²) < 4.78 is 11.3. The summed E-state index contributed by atoms with van der Waals surface area (Å²) in [6.07, 6.45) is 7.79. The van der Waals surface area contributed by atoms with Gasteiger partial charge in [-0.3, -0.25) is 0 Å². The smallest absolute Gasteiger partial charge is 0.334 e. The van der Waals surface area contributed by atoms with Crippen LogP contribution in [0.4, 0.5) is 0 Å². The van der Waals surface area contributed by atoms with Crippen LogP contribution in [0.5, 0.6) is 0 Å². The second-order valence-electron chi connectivity index (χ2n) is 7.75. The fourth-order valence-electron chi connectivity index (χ4n) is 3.94. The Morgan fingerprint density at radius 1 is 1.33 bits per heavy atom. The van der Waals surface area contributed by atoms with E-state index >= 15 is 0 Å². The highest BCUT2D eigenvalue weighted by Crippen LogP contribution is 2.44. The highest BCUT2D eigenvalue weighted by atomic mass is 16.6. The Labute approximate surface area is 144 Å². The molecule has 4 heteroatoms. The number of fused-ring (bicyclic) bond motifs is 2. The molecule has 0 aromatic rings. The number of ether oxygens (including phenoxy) is 2. The standard InChI is InChI=1S/C20H28O4/c1-12-6-5-9-20(4)17(24-20)8-7-13(2)11-16-18(15(21)10-12)14(3)19(22)23-16/h6,11,15-18,21H,3,5,7-10H2,1-2,4H3. The Balaban J connectivity index is 1.83. The molecule has 5 atom stereocenters. The molecule has 0 spiro atoms. The van der Waals surface area contributed by atoms with E-state index in [0.717, 1.165) is 31.3 Å². The van der Waals surface area contributed by atoms with Gasteiger partial charge in [0, 0.05) is 5.57 Å². The van der Waals surface area contributed by atoms with E-state index in [0.29, 0.717) is 18.1 Å². The Hall–Kier alpha value is -1.39. The summed E-state index contributed by atoms with van der Waals surface area (Å²) >= 11 is 0. The van der Waals surface area contributed by atoms with Gasteiger partial charge in [-0.05, 0) is 59.0 Å². The molecule has 2 saturated heterocycles. The van der Waals surface area contributed by atoms with Gasteiger partial charge in [0.15, 0.2) is 0 Å². The molecule has 0 radical (unpaired) electrons. The van der Waals surface area contributed by atoms with Crippen LogP contribution in [-0.4, -0.2) is 35.0 Å². The minimum absolute atomic E-state index is 0.00353. The third-order valence-electron chi connectivity index (χ3n) is 5.63. The van der Waals surface area contributed by atoms with Crippen LogP contribution in [0.2, 0.25) is 0 Å². The zero-order chi connectivity index (χ0) is 17.5. The first-order chi connectivity index (χ1) is 11.3. The molecule has 0 amide bonds. The predicted octanol–water partition coefficient (Wildman–Crippen LogP) is 3.46. The van der Waals surface area contributed by atoms with Gasteiger partial charge in [0.05, 0.1) is 23.7 Å². The van der Waals surface area contributed by atoms with E-state index in [2.05, 4.69) is 26.5 Å². The van der Waals surface area contributed by atoms with Crippen LogP contribution in [0.25, 0.3) is 0 Å². The van der Waals surface area contributed by atoms with Crippen LogP contribution < -0.4 is 0 Å². The normalized spacial score (nSPS) is 40.7. The maximum Gasteiger partial charge on any atom is 0.334 e. The summed E-state index contributed by atoms with van der Waals surface area (Å²) in [6.45, 7) is 10.1. The van der Waals surface area contributed by atoms with E-state index in [1.54, 1.807) is 0 Å². The van der Waals surface area contributed by atoms with Gasteiger partial charge in [0.25, 0.3) is 0 Å². The number of aliphatic hydroxyl groups excluding tert-OH is 1. The molecule has 0 bridgehead atoms. The van der Waals surface area contributed by atoms with E-state index in [-0.39, 0.29) is 11.5 Å². The fraction of sp³-hybridized carbons (Fsp3) is 0.650. The highest BCUT2D eigenvalue weighted by Gasteiger charge is 2.50. The van der Waals surface area contributed by atoms with Gasteiger partial charge in [0.1, 0.15) is 6.10 Å². The largest absolute Gasteiger partial charge is 0.454 e. The Kier molecular flexibility index (Phi) is 4.71. The first-order valence-electron chi connectivity index (χ1n) is 8.89. The lowest BCUT2D eigenvalue weighted by molar-refractivity contribution is -0.137. The zero-order valence-electron chi connectivity index (χ0n) is 14.9. The van der Waals surface area contributed by atoms with Crippen molar-refractivity contribution in [1.29, 1.82) is 0 Å². The van der Waals surface area contributed by atoms with Crippen LogP contribution >= 0.6 is 0 Å². The second kappa shape index (κ2) is 6.49. The van der Waals surface area contributed by atoms with Gasteiger partial charge in [-0.2, -0.15) is 0 Å². The molecule has 132 valence electrons. The van der Waals surface area contributed by atoms with Crippen molar-refractivity contribution in [2.24, 2.45) is 5.92 Å². The zero-order valence-corrected chi connectivity index (χ0v) is 14.9. The number of hydrogen-bond donors (Lipinski definition) is 1. The lowest BCUT2D eigenvalue weighted by Gasteiger charge is -2.22. The number of hydrogen-bond acceptors (Lipinski definition) is 4. The number of esters is 1. The molecular weight excluding hydrogens is 304 g/mol. The van der Waals surface area contributed by atoms with Crippen LogP contribution in [0, 0.1) is 5.92 Å². The van der Waals surface area contributed by atoms with E-state index in [9.17, 15) is 9.90 Å². The molecule has 0 aromatic heterocycles. The average molecular weight is 332 g/mol. The minimum Gasteiger partial charge on any atom is -0.454 e. The summed E-state index contributed by atoms with van der Waals surface area (Å²) in [6, 6.07) is 0. The molecule has 1 N–H and O–H groups in total. The third-order valence-corrected chi connectivity index (χ3v) is 5.63. The van der Waals surface area contributed by atoms with Gasteiger partial charge < -0.3 is 14.6 Å². The van der Waals surface area contributed by atoms with Crippen LogP contribution in [0.1, 0.15) is 52.9 Å². The maximum atomic E-state index is 11.9. The minimum atomic E-state index is -0.655. The molecular formula is C20H28O4. The summed E-state index contributed by atoms with van der Waals surface area (Å²) in [5, 5.41) is 10.7. The molecule has 3 rings (SSSR count). The van der Waals surface area contributed by atoms with E-state index in [4.69, 9.17) is 9.47 Å². The summed E-state index contributed by atoms with van der Waals surface area (Å²) in [5.74, 6) is -0.752. The number of allylic oxidation sites excluding steroid dienone is 2. The molecule has 24 heavy (non-hydrogen) atoms. The Morgan fingerprint density at radius 2 is 2.08 bits per heavy atom. The summed E-state index contributed by atoms with van der Waals surface area (Å²) in [5.41, 5.74) is 2.68. The quantitative estimate of drug-likeness (QED) is 0.319. The van der Waals surface area contributed by atoms with Crippen molar-refractivity contribution in [3.8, 4) is 0 Å². The summed E-state index contributed by atoms with van der Waals surface area (Å²) in [4.78, 5) is 11.9. The van der Waals surface area contributed by atoms with Crippen molar-refractivity contribution in [2.45, 2.75) is 76.8 Å². The number of epoxide rings is 1. The van der Waals surface area contributed by atoms with Crippen molar-refractivity contribution < 1.29 is 19.4 Å². The molecule has 4 nitrogen and oxygen atoms in total. The van der Waals surface area contributed by atoms with Crippen molar-refractivity contribution in [3.05, 3.63) is 35.5 Å². The number of carbonyl (C=O) groups is 1. The van der Waals surface area contributed by atoms with Crippen molar-refractivity contribution in [2.75, 3.05) is 0 Å². The highest BCUT2D eigenvalue weighted by molar-refractivity contribution is 5.91. The molecule has 2 aliphatic heterocycles. The molecule has 3 aliphatic rings. The second-order valence-corrected chi connectivity index (χ2v) is 7.75. The van der Waals surface area contributed by atoms with Crippen molar-refractivity contribution in [3.63, 3.8) is 0 Å². The molecule has 2 heterocycles. The van der Waals surface area contributed by atoms with Crippen LogP contribution in [0.3, 0.4) is 0 Å². The van der Waals surface area contributed by atoms with E-state index < -0.39 is 18.2 Å². The molecule has 0 aromatic carbocycles. The van der Waals surface area contributed by atoms with Crippen molar-refractivity contribution >= 4 is 5.97 Å². The monoisotopic (exact) mass is 332 g/mol. The van der Waals surface area contributed by atoms with E-state index in [1.807, 2.05) is 13.0 Å². The van der Waals surface area contributed by atoms with Gasteiger partial charge >= 0.3 is 5.97 Å². The first-order valence-corrected chi connectivity index (χ1v) is 8.89. The number of rotatable bonds is 0. The Morgan fingerprint density at radius 3 is 2.83 bits per heavy atom. The molecule has 1 aliphatic carbocycles. The SMILES string of the molecule is C=C1C(=O)OC2C=C(C)CCC3OC3(C)CCC=C(C)CC(O)C12.